The molecule has 0 saturated carbocycles. The van der Waals surface area contributed by atoms with E-state index in [0.717, 1.165) is 30.3 Å². The Bertz CT molecular complexity index is 1280. The van der Waals surface area contributed by atoms with Gasteiger partial charge in [-0.05, 0) is 53.6 Å². The van der Waals surface area contributed by atoms with Gasteiger partial charge in [-0.3, -0.25) is 0 Å². The normalized spacial score (nSPS) is 16.5. The second-order valence-electron chi connectivity index (χ2n) is 8.91. The molecule has 0 N–H and O–H groups in total. The van der Waals surface area contributed by atoms with Gasteiger partial charge in [0.25, 0.3) is 0 Å². The van der Waals surface area contributed by atoms with Gasteiger partial charge in [-0.25, -0.2) is 4.39 Å². The molecule has 38 heavy (non-hydrogen) atoms. The molecule has 3 aromatic carbocycles. The molecule has 4 rings (SSSR count). The van der Waals surface area contributed by atoms with Crippen molar-refractivity contribution in [3.63, 3.8) is 0 Å². The number of hydrogen-bond acceptors (Lipinski definition) is 2. The second kappa shape index (κ2) is 10.0. The minimum absolute atomic E-state index is 0.0568. The molecule has 0 spiro atoms. The molecule has 1 atom stereocenters. The zero-order valence-corrected chi connectivity index (χ0v) is 19.4. The van der Waals surface area contributed by atoms with Crippen LogP contribution in [0.3, 0.4) is 0 Å². The number of halogens is 10. The summed E-state index contributed by atoms with van der Waals surface area (Å²) in [5.41, 5.74) is -1.56. The molecule has 1 aliphatic rings. The number of nitrogens with zero attached hydrogens (tertiary/aromatic N) is 2. The van der Waals surface area contributed by atoms with Crippen LogP contribution >= 0.6 is 0 Å². The van der Waals surface area contributed by atoms with Crippen molar-refractivity contribution >= 4 is 11.4 Å². The standard InChI is InChI=1S/C26H20F10N2/c27-20-11-16(10-19(13-20)26(34,35)36)14-37-15-23(17-4-3-5-18(12-17)25(31,32)33)38(9-8-24(28,29)30)22-7-2-1-6-21(22)37/h1-7,10-13,23H,8-9,14-15H2/t23-/m0/s1. The van der Waals surface area contributed by atoms with Gasteiger partial charge in [0.1, 0.15) is 5.82 Å². The molecule has 0 amide bonds. The Morgan fingerprint density at radius 2 is 1.37 bits per heavy atom. The number of hydrogen-bond donors (Lipinski definition) is 0. The number of alkyl halides is 9. The summed E-state index contributed by atoms with van der Waals surface area (Å²) in [5.74, 6) is -1.12. The number of fused-ring (bicyclic) bond motifs is 1. The summed E-state index contributed by atoms with van der Waals surface area (Å²) < 4.78 is 133. The number of anilines is 2. The van der Waals surface area contributed by atoms with Crippen LogP contribution in [0.4, 0.5) is 55.3 Å². The van der Waals surface area contributed by atoms with E-state index in [1.54, 1.807) is 12.1 Å². The van der Waals surface area contributed by atoms with Crippen molar-refractivity contribution in [2.45, 2.75) is 37.5 Å². The predicted molar refractivity (Wildman–Crippen MR) is 121 cm³/mol. The van der Waals surface area contributed by atoms with E-state index in [9.17, 15) is 43.9 Å². The number of rotatable bonds is 5. The van der Waals surface area contributed by atoms with Gasteiger partial charge >= 0.3 is 18.5 Å². The summed E-state index contributed by atoms with van der Waals surface area (Å²) in [6.07, 6.45) is -15.3. The maximum Gasteiger partial charge on any atom is 0.416 e. The summed E-state index contributed by atoms with van der Waals surface area (Å²) >= 11 is 0. The molecule has 12 heteroatoms. The van der Waals surface area contributed by atoms with Gasteiger partial charge in [-0.1, -0.05) is 24.3 Å². The summed E-state index contributed by atoms with van der Waals surface area (Å²) in [7, 11) is 0. The molecule has 0 fully saturated rings. The van der Waals surface area contributed by atoms with E-state index in [0.29, 0.717) is 11.8 Å². The fraction of sp³-hybridized carbons (Fsp3) is 0.308. The first-order valence-electron chi connectivity index (χ1n) is 11.3. The Balaban J connectivity index is 1.78. The van der Waals surface area contributed by atoms with Crippen LogP contribution in [-0.4, -0.2) is 19.3 Å². The SMILES string of the molecule is Fc1cc(CN2C[C@@H](c3cccc(C(F)(F)F)c3)N(CCC(F)(F)F)c3ccccc32)cc(C(F)(F)F)c1. The smallest absolute Gasteiger partial charge is 0.363 e. The third-order valence-corrected chi connectivity index (χ3v) is 6.19. The first kappa shape index (κ1) is 27.6. The summed E-state index contributed by atoms with van der Waals surface area (Å²) in [5, 5.41) is 0. The van der Waals surface area contributed by atoms with Crippen molar-refractivity contribution in [2.75, 3.05) is 22.9 Å². The Hall–Kier alpha value is -3.44. The van der Waals surface area contributed by atoms with E-state index in [1.807, 2.05) is 0 Å². The molecule has 1 heterocycles. The second-order valence-corrected chi connectivity index (χ2v) is 8.91. The van der Waals surface area contributed by atoms with Crippen molar-refractivity contribution in [3.05, 3.63) is 94.8 Å². The maximum absolute atomic E-state index is 14.0. The van der Waals surface area contributed by atoms with E-state index in [1.165, 1.54) is 28.0 Å². The Kier molecular flexibility index (Phi) is 7.28. The number of para-hydroxylation sites is 2. The minimum Gasteiger partial charge on any atom is -0.363 e. The van der Waals surface area contributed by atoms with Gasteiger partial charge in [0.15, 0.2) is 0 Å². The fourth-order valence-electron chi connectivity index (χ4n) is 4.55. The van der Waals surface area contributed by atoms with Gasteiger partial charge < -0.3 is 9.80 Å². The van der Waals surface area contributed by atoms with E-state index in [4.69, 9.17) is 0 Å². The van der Waals surface area contributed by atoms with Gasteiger partial charge in [0, 0.05) is 19.6 Å². The van der Waals surface area contributed by atoms with Crippen LogP contribution in [0.5, 0.6) is 0 Å². The van der Waals surface area contributed by atoms with Crippen LogP contribution in [0.1, 0.15) is 34.7 Å². The Morgan fingerprint density at radius 3 is 2.00 bits per heavy atom. The van der Waals surface area contributed by atoms with Crippen LogP contribution in [0, 0.1) is 5.82 Å². The van der Waals surface area contributed by atoms with Gasteiger partial charge in [-0.2, -0.15) is 39.5 Å². The van der Waals surface area contributed by atoms with Crippen LogP contribution in [0.2, 0.25) is 0 Å². The van der Waals surface area contributed by atoms with E-state index < -0.39 is 54.5 Å². The molecule has 0 bridgehead atoms. The lowest BCUT2D eigenvalue weighted by Crippen LogP contribution is -2.44. The molecule has 204 valence electrons. The largest absolute Gasteiger partial charge is 0.416 e. The molecule has 1 aliphatic heterocycles. The van der Waals surface area contributed by atoms with Crippen molar-refractivity contribution in [2.24, 2.45) is 0 Å². The maximum atomic E-state index is 14.0. The fourth-order valence-corrected chi connectivity index (χ4v) is 4.55. The Morgan fingerprint density at radius 1 is 0.711 bits per heavy atom. The molecular weight excluding hydrogens is 530 g/mol. The van der Waals surface area contributed by atoms with Crippen LogP contribution in [-0.2, 0) is 18.9 Å². The molecule has 0 aromatic heterocycles. The third-order valence-electron chi connectivity index (χ3n) is 6.19. The van der Waals surface area contributed by atoms with E-state index in [-0.39, 0.29) is 29.9 Å². The van der Waals surface area contributed by atoms with Crippen LogP contribution in [0.25, 0.3) is 0 Å². The van der Waals surface area contributed by atoms with Crippen molar-refractivity contribution in [1.82, 2.24) is 0 Å². The molecule has 0 aliphatic carbocycles. The quantitative estimate of drug-likeness (QED) is 0.295. The lowest BCUT2D eigenvalue weighted by Gasteiger charge is -2.45. The highest BCUT2D eigenvalue weighted by Crippen LogP contribution is 2.43. The van der Waals surface area contributed by atoms with Gasteiger partial charge in [-0.15, -0.1) is 0 Å². The van der Waals surface area contributed by atoms with Crippen molar-refractivity contribution < 1.29 is 43.9 Å². The monoisotopic (exact) mass is 550 g/mol. The van der Waals surface area contributed by atoms with Crippen LogP contribution in [0.15, 0.2) is 66.7 Å². The van der Waals surface area contributed by atoms with Gasteiger partial charge in [0.2, 0.25) is 0 Å². The molecular formula is C26H20F10N2. The first-order chi connectivity index (χ1) is 17.6. The first-order valence-corrected chi connectivity index (χ1v) is 11.3. The highest BCUT2D eigenvalue weighted by atomic mass is 19.4. The molecule has 0 radical (unpaired) electrons. The average molecular weight is 550 g/mol. The molecule has 0 unspecified atom stereocenters. The van der Waals surface area contributed by atoms with Crippen LogP contribution < -0.4 is 9.80 Å². The molecule has 3 aromatic rings. The number of benzene rings is 3. The van der Waals surface area contributed by atoms with Gasteiger partial charge in [0.05, 0.1) is 35.0 Å². The lowest BCUT2D eigenvalue weighted by molar-refractivity contribution is -0.138. The summed E-state index contributed by atoms with van der Waals surface area (Å²) in [4.78, 5) is 2.88. The summed E-state index contributed by atoms with van der Waals surface area (Å²) in [6.45, 7) is -0.984. The minimum atomic E-state index is -4.81. The lowest BCUT2D eigenvalue weighted by atomic mass is 9.96. The van der Waals surface area contributed by atoms with E-state index in [2.05, 4.69) is 0 Å². The zero-order valence-electron chi connectivity index (χ0n) is 19.4. The molecule has 0 saturated heterocycles. The van der Waals surface area contributed by atoms with Crippen molar-refractivity contribution in [1.29, 1.82) is 0 Å². The Labute approximate surface area is 211 Å². The van der Waals surface area contributed by atoms with Crippen molar-refractivity contribution in [3.8, 4) is 0 Å². The highest BCUT2D eigenvalue weighted by Gasteiger charge is 2.37. The topological polar surface area (TPSA) is 6.48 Å². The third kappa shape index (κ3) is 6.33. The highest BCUT2D eigenvalue weighted by molar-refractivity contribution is 5.74. The molecule has 2 nitrogen and oxygen atoms in total. The van der Waals surface area contributed by atoms with E-state index >= 15 is 0 Å². The average Bonchev–Trinajstić information content (AvgIpc) is 2.81. The summed E-state index contributed by atoms with van der Waals surface area (Å²) in [6, 6.07) is 11.3. The predicted octanol–water partition coefficient (Wildman–Crippen LogP) is 8.38. The zero-order chi connectivity index (χ0) is 27.9.